The summed E-state index contributed by atoms with van der Waals surface area (Å²) in [6, 6.07) is 0. The van der Waals surface area contributed by atoms with Crippen molar-refractivity contribution in [1.29, 1.82) is 0 Å². The largest absolute Gasteiger partial charge is 0.479 e. The standard InChI is InChI=1S/C10H14F3NO3S/c1-8(4-3-5-18-8)6(15)14-9(2,7(16)17)10(11,12)13/h3-5H2,1-2H3,(H,14,15)(H,16,17). The van der Waals surface area contributed by atoms with Crippen molar-refractivity contribution in [3.8, 4) is 0 Å². The van der Waals surface area contributed by atoms with Crippen molar-refractivity contribution in [3.63, 3.8) is 0 Å². The van der Waals surface area contributed by atoms with E-state index in [4.69, 9.17) is 5.11 Å². The molecule has 1 fully saturated rings. The van der Waals surface area contributed by atoms with Gasteiger partial charge in [0.1, 0.15) is 0 Å². The molecule has 1 rings (SSSR count). The second kappa shape index (κ2) is 4.64. The number of aliphatic carboxylic acids is 1. The van der Waals surface area contributed by atoms with Gasteiger partial charge in [0.05, 0.1) is 4.75 Å². The molecule has 2 atom stereocenters. The van der Waals surface area contributed by atoms with Gasteiger partial charge in [0.15, 0.2) is 0 Å². The second-order valence-electron chi connectivity index (χ2n) is 4.56. The van der Waals surface area contributed by atoms with Crippen molar-refractivity contribution < 1.29 is 27.9 Å². The number of carbonyl (C=O) groups is 2. The maximum absolute atomic E-state index is 12.7. The molecule has 0 aromatic carbocycles. The Morgan fingerprint density at radius 1 is 1.39 bits per heavy atom. The average molecular weight is 285 g/mol. The smallest absolute Gasteiger partial charge is 0.422 e. The number of nitrogens with one attached hydrogen (secondary N) is 1. The Morgan fingerprint density at radius 2 is 1.94 bits per heavy atom. The van der Waals surface area contributed by atoms with Crippen molar-refractivity contribution in [1.82, 2.24) is 5.32 Å². The topological polar surface area (TPSA) is 66.4 Å². The monoisotopic (exact) mass is 285 g/mol. The summed E-state index contributed by atoms with van der Waals surface area (Å²) in [6.07, 6.45) is -3.88. The molecular formula is C10H14F3NO3S. The normalized spacial score (nSPS) is 27.6. The summed E-state index contributed by atoms with van der Waals surface area (Å²) >= 11 is 1.24. The van der Waals surface area contributed by atoms with Gasteiger partial charge in [-0.05, 0) is 32.4 Å². The number of carboxylic acid groups (broad SMARTS) is 1. The number of carboxylic acids is 1. The van der Waals surface area contributed by atoms with Crippen LogP contribution >= 0.6 is 11.8 Å². The molecule has 4 nitrogen and oxygen atoms in total. The average Bonchev–Trinajstić information content (AvgIpc) is 2.64. The second-order valence-corrected chi connectivity index (χ2v) is 6.16. The molecule has 0 saturated carbocycles. The zero-order valence-corrected chi connectivity index (χ0v) is 10.7. The maximum atomic E-state index is 12.7. The van der Waals surface area contributed by atoms with Crippen LogP contribution in [0.3, 0.4) is 0 Å². The molecule has 8 heteroatoms. The molecule has 0 aliphatic carbocycles. The Balaban J connectivity index is 2.92. The van der Waals surface area contributed by atoms with Gasteiger partial charge in [-0.2, -0.15) is 13.2 Å². The minimum absolute atomic E-state index is 0.442. The molecule has 104 valence electrons. The lowest BCUT2D eigenvalue weighted by molar-refractivity contribution is -0.207. The van der Waals surface area contributed by atoms with Gasteiger partial charge >= 0.3 is 12.1 Å². The quantitative estimate of drug-likeness (QED) is 0.829. The number of hydrogen-bond acceptors (Lipinski definition) is 3. The molecule has 2 unspecified atom stereocenters. The van der Waals surface area contributed by atoms with Crippen LogP contribution < -0.4 is 5.32 Å². The number of thioether (sulfide) groups is 1. The molecule has 18 heavy (non-hydrogen) atoms. The highest BCUT2D eigenvalue weighted by Crippen LogP contribution is 2.39. The summed E-state index contributed by atoms with van der Waals surface area (Å²) < 4.78 is 37.2. The zero-order chi connectivity index (χ0) is 14.2. The van der Waals surface area contributed by atoms with Crippen LogP contribution in [0.4, 0.5) is 13.2 Å². The van der Waals surface area contributed by atoms with E-state index in [0.29, 0.717) is 19.1 Å². The minimum Gasteiger partial charge on any atom is -0.479 e. The molecular weight excluding hydrogens is 271 g/mol. The van der Waals surface area contributed by atoms with Gasteiger partial charge in [0, 0.05) is 0 Å². The van der Waals surface area contributed by atoms with Crippen LogP contribution in [0.15, 0.2) is 0 Å². The first-order chi connectivity index (χ1) is 8.03. The van der Waals surface area contributed by atoms with Gasteiger partial charge < -0.3 is 10.4 Å². The molecule has 1 aliphatic rings. The van der Waals surface area contributed by atoms with Gasteiger partial charge in [-0.15, -0.1) is 11.8 Å². The van der Waals surface area contributed by atoms with E-state index in [-0.39, 0.29) is 0 Å². The predicted molar refractivity (Wildman–Crippen MR) is 60.3 cm³/mol. The molecule has 2 N–H and O–H groups in total. The van der Waals surface area contributed by atoms with Gasteiger partial charge in [-0.3, -0.25) is 4.79 Å². The zero-order valence-electron chi connectivity index (χ0n) is 9.93. The van der Waals surface area contributed by atoms with Gasteiger partial charge in [-0.1, -0.05) is 0 Å². The highest BCUT2D eigenvalue weighted by atomic mass is 32.2. The van der Waals surface area contributed by atoms with Crippen LogP contribution in [0, 0.1) is 0 Å². The molecule has 0 spiro atoms. The summed E-state index contributed by atoms with van der Waals surface area (Å²) in [7, 11) is 0. The fourth-order valence-corrected chi connectivity index (χ4v) is 2.77. The number of rotatable bonds is 3. The Kier molecular flexibility index (Phi) is 3.90. The van der Waals surface area contributed by atoms with E-state index in [9.17, 15) is 22.8 Å². The third kappa shape index (κ3) is 2.57. The summed E-state index contributed by atoms with van der Waals surface area (Å²) in [5.41, 5.74) is -3.25. The molecule has 1 heterocycles. The third-order valence-corrected chi connectivity index (χ3v) is 4.58. The third-order valence-electron chi connectivity index (χ3n) is 3.06. The molecule has 0 aromatic heterocycles. The van der Waals surface area contributed by atoms with Crippen LogP contribution in [0.5, 0.6) is 0 Å². The molecule has 0 radical (unpaired) electrons. The van der Waals surface area contributed by atoms with Crippen LogP contribution in [-0.4, -0.2) is 39.2 Å². The maximum Gasteiger partial charge on any atom is 0.422 e. The number of halogens is 3. The summed E-state index contributed by atoms with van der Waals surface area (Å²) in [5, 5.41) is 10.3. The Morgan fingerprint density at radius 3 is 2.28 bits per heavy atom. The van der Waals surface area contributed by atoms with Crippen LogP contribution in [-0.2, 0) is 9.59 Å². The summed E-state index contributed by atoms with van der Waals surface area (Å²) in [6.45, 7) is 1.98. The number of hydrogen-bond donors (Lipinski definition) is 2. The predicted octanol–water partition coefficient (Wildman–Crippen LogP) is 1.79. The first-order valence-electron chi connectivity index (χ1n) is 5.30. The van der Waals surface area contributed by atoms with E-state index in [0.717, 1.165) is 6.42 Å². The van der Waals surface area contributed by atoms with E-state index in [1.165, 1.54) is 18.7 Å². The Labute approximate surface area is 106 Å². The fraction of sp³-hybridized carbons (Fsp3) is 0.800. The number of amides is 1. The van der Waals surface area contributed by atoms with E-state index >= 15 is 0 Å². The molecule has 1 saturated heterocycles. The van der Waals surface area contributed by atoms with Gasteiger partial charge in [0.2, 0.25) is 11.4 Å². The lowest BCUT2D eigenvalue weighted by Gasteiger charge is -2.32. The van der Waals surface area contributed by atoms with E-state index in [2.05, 4.69) is 0 Å². The van der Waals surface area contributed by atoms with Crippen molar-refractivity contribution >= 4 is 23.6 Å². The van der Waals surface area contributed by atoms with Crippen molar-refractivity contribution in [2.24, 2.45) is 0 Å². The van der Waals surface area contributed by atoms with E-state index in [1.54, 1.807) is 5.32 Å². The van der Waals surface area contributed by atoms with Crippen molar-refractivity contribution in [3.05, 3.63) is 0 Å². The SMILES string of the molecule is CC1(C(=O)NC(C)(C(=O)O)C(F)(F)F)CCCS1. The lowest BCUT2D eigenvalue weighted by atomic mass is 9.98. The van der Waals surface area contributed by atoms with E-state index < -0.39 is 28.3 Å². The highest BCUT2D eigenvalue weighted by molar-refractivity contribution is 8.01. The Hall–Kier alpha value is -0.920. The molecule has 1 aliphatic heterocycles. The molecule has 0 bridgehead atoms. The van der Waals surface area contributed by atoms with E-state index in [1.807, 2.05) is 0 Å². The number of alkyl halides is 3. The van der Waals surface area contributed by atoms with Crippen molar-refractivity contribution in [2.75, 3.05) is 5.75 Å². The first kappa shape index (κ1) is 15.1. The number of carbonyl (C=O) groups excluding carboxylic acids is 1. The molecule has 0 aromatic rings. The van der Waals surface area contributed by atoms with Gasteiger partial charge in [0.25, 0.3) is 0 Å². The summed E-state index contributed by atoms with van der Waals surface area (Å²) in [4.78, 5) is 22.6. The van der Waals surface area contributed by atoms with Crippen LogP contribution in [0.2, 0.25) is 0 Å². The Bertz CT molecular complexity index is 366. The lowest BCUT2D eigenvalue weighted by Crippen LogP contribution is -2.64. The van der Waals surface area contributed by atoms with Crippen molar-refractivity contribution in [2.45, 2.75) is 43.2 Å². The van der Waals surface area contributed by atoms with Gasteiger partial charge in [-0.25, -0.2) is 4.79 Å². The highest BCUT2D eigenvalue weighted by Gasteiger charge is 2.59. The van der Waals surface area contributed by atoms with Crippen LogP contribution in [0.25, 0.3) is 0 Å². The van der Waals surface area contributed by atoms with Crippen LogP contribution in [0.1, 0.15) is 26.7 Å². The fourth-order valence-electron chi connectivity index (χ4n) is 1.56. The summed E-state index contributed by atoms with van der Waals surface area (Å²) in [5.74, 6) is -2.32. The first-order valence-corrected chi connectivity index (χ1v) is 6.28. The molecule has 1 amide bonds. The minimum atomic E-state index is -5.05.